The van der Waals surface area contributed by atoms with Gasteiger partial charge in [-0.2, -0.15) is 0 Å². The number of amides is 1. The second kappa shape index (κ2) is 24.1. The summed E-state index contributed by atoms with van der Waals surface area (Å²) in [5, 5.41) is 74.2. The number of unbranched alkanes of at least 4 members (excludes halogenated alkanes) is 11. The highest BCUT2D eigenvalue weighted by atomic mass is 16.7. The number of hydrogen-bond donors (Lipinski definition) is 8. The van der Waals surface area contributed by atoms with Gasteiger partial charge in [0.05, 0.1) is 25.4 Å². The predicted molar refractivity (Wildman–Crippen MR) is 164 cm³/mol. The summed E-state index contributed by atoms with van der Waals surface area (Å²) in [5.41, 5.74) is 0. The number of hydrogen-bond acceptors (Lipinski definition) is 10. The van der Waals surface area contributed by atoms with Gasteiger partial charge in [0.1, 0.15) is 36.6 Å². The van der Waals surface area contributed by atoms with Gasteiger partial charge < -0.3 is 50.5 Å². The Balaban J connectivity index is 2.60. The van der Waals surface area contributed by atoms with E-state index >= 15 is 0 Å². The van der Waals surface area contributed by atoms with E-state index in [1.165, 1.54) is 38.5 Å². The minimum absolute atomic E-state index is 0.229. The number of allylic oxidation sites excluding steroid dienone is 2. The van der Waals surface area contributed by atoms with Crippen LogP contribution in [-0.2, 0) is 14.3 Å². The molecular weight excluding hydrogens is 558 g/mol. The SMILES string of the molecule is CCCCCCCC/C=C\CCCCC(O)C(=O)NC(COC1OC(CO)C(O)C(O)C1O)C(O)C(O)CCCCCC. The van der Waals surface area contributed by atoms with Crippen molar-refractivity contribution < 1.29 is 50.0 Å². The molecule has 0 radical (unpaired) electrons. The van der Waals surface area contributed by atoms with Gasteiger partial charge in [0, 0.05) is 0 Å². The average Bonchev–Trinajstić information content (AvgIpc) is 3.00. The molecule has 1 saturated heterocycles. The van der Waals surface area contributed by atoms with Crippen molar-refractivity contribution in [1.29, 1.82) is 0 Å². The van der Waals surface area contributed by atoms with Gasteiger partial charge >= 0.3 is 0 Å². The molecule has 1 amide bonds. The molecule has 0 aliphatic carbocycles. The zero-order valence-corrected chi connectivity index (χ0v) is 26.4. The molecule has 0 aromatic carbocycles. The van der Waals surface area contributed by atoms with Crippen LogP contribution in [0.3, 0.4) is 0 Å². The van der Waals surface area contributed by atoms with Crippen LogP contribution in [-0.4, -0.2) is 110 Å². The normalized spacial score (nSPS) is 25.5. The summed E-state index contributed by atoms with van der Waals surface area (Å²) in [7, 11) is 0. The van der Waals surface area contributed by atoms with E-state index in [2.05, 4.69) is 31.3 Å². The van der Waals surface area contributed by atoms with E-state index in [4.69, 9.17) is 9.47 Å². The van der Waals surface area contributed by atoms with Crippen molar-refractivity contribution in [2.24, 2.45) is 0 Å². The molecule has 1 aliphatic heterocycles. The standard InChI is InChI=1S/C32H61NO10/c1-3-5-7-9-10-11-12-13-14-15-16-18-20-25(36)31(41)33-23(27(37)24(35)19-17-8-6-4-2)22-42-32-30(40)29(39)28(38)26(21-34)43-32/h13-14,23-30,32,34-40H,3-12,15-22H2,1-2H3,(H,33,41)/b14-13-. The molecule has 1 heterocycles. The van der Waals surface area contributed by atoms with Crippen molar-refractivity contribution >= 4 is 5.91 Å². The first kappa shape index (κ1) is 39.9. The van der Waals surface area contributed by atoms with Crippen LogP contribution in [0.5, 0.6) is 0 Å². The van der Waals surface area contributed by atoms with Crippen molar-refractivity contribution in [2.75, 3.05) is 13.2 Å². The van der Waals surface area contributed by atoms with E-state index < -0.39 is 74.2 Å². The van der Waals surface area contributed by atoms with E-state index in [1.54, 1.807) is 0 Å². The van der Waals surface area contributed by atoms with E-state index in [-0.39, 0.29) is 6.42 Å². The molecule has 1 rings (SSSR count). The molecule has 0 bridgehead atoms. The summed E-state index contributed by atoms with van der Waals surface area (Å²) in [6.45, 7) is 3.21. The number of nitrogens with one attached hydrogen (secondary N) is 1. The third-order valence-corrected chi connectivity index (χ3v) is 8.07. The fourth-order valence-electron chi connectivity index (χ4n) is 5.14. The van der Waals surface area contributed by atoms with Crippen LogP contribution in [0.1, 0.15) is 117 Å². The van der Waals surface area contributed by atoms with Crippen LogP contribution in [0, 0.1) is 0 Å². The summed E-state index contributed by atoms with van der Waals surface area (Å²) in [6, 6.07) is -1.17. The zero-order chi connectivity index (χ0) is 32.0. The lowest BCUT2D eigenvalue weighted by atomic mass is 9.98. The first-order valence-electron chi connectivity index (χ1n) is 16.6. The number of carbonyl (C=O) groups excluding carboxylic acids is 1. The molecule has 0 spiro atoms. The van der Waals surface area contributed by atoms with Gasteiger partial charge in [-0.3, -0.25) is 4.79 Å². The Kier molecular flexibility index (Phi) is 22.4. The molecule has 1 aliphatic rings. The van der Waals surface area contributed by atoms with Gasteiger partial charge in [-0.1, -0.05) is 90.2 Å². The van der Waals surface area contributed by atoms with Crippen LogP contribution < -0.4 is 5.32 Å². The summed E-state index contributed by atoms with van der Waals surface area (Å²) in [4.78, 5) is 12.8. The Hall–Kier alpha value is -1.15. The summed E-state index contributed by atoms with van der Waals surface area (Å²) in [5.74, 6) is -0.724. The van der Waals surface area contributed by atoms with Crippen LogP contribution in [0.2, 0.25) is 0 Å². The third kappa shape index (κ3) is 16.1. The van der Waals surface area contributed by atoms with Crippen LogP contribution in [0.25, 0.3) is 0 Å². The maximum atomic E-state index is 12.8. The van der Waals surface area contributed by atoms with Crippen molar-refractivity contribution in [1.82, 2.24) is 5.32 Å². The highest BCUT2D eigenvalue weighted by molar-refractivity contribution is 5.80. The number of aliphatic hydroxyl groups is 7. The average molecular weight is 620 g/mol. The fourth-order valence-corrected chi connectivity index (χ4v) is 5.14. The lowest BCUT2D eigenvalue weighted by Crippen LogP contribution is -2.60. The lowest BCUT2D eigenvalue weighted by Gasteiger charge is -2.40. The maximum Gasteiger partial charge on any atom is 0.249 e. The van der Waals surface area contributed by atoms with Gasteiger partial charge in [0.2, 0.25) is 5.91 Å². The predicted octanol–water partition coefficient (Wildman–Crippen LogP) is 2.21. The quantitative estimate of drug-likeness (QED) is 0.0556. The van der Waals surface area contributed by atoms with Crippen LogP contribution in [0.4, 0.5) is 0 Å². The van der Waals surface area contributed by atoms with Gasteiger partial charge in [-0.15, -0.1) is 0 Å². The summed E-state index contributed by atoms with van der Waals surface area (Å²) >= 11 is 0. The summed E-state index contributed by atoms with van der Waals surface area (Å²) < 4.78 is 10.9. The molecule has 11 nitrogen and oxygen atoms in total. The first-order chi connectivity index (χ1) is 20.7. The number of ether oxygens (including phenoxy) is 2. The fraction of sp³-hybridized carbons (Fsp3) is 0.906. The molecule has 0 aromatic heterocycles. The molecule has 11 heteroatoms. The van der Waals surface area contributed by atoms with Gasteiger partial charge in [-0.25, -0.2) is 0 Å². The topological polar surface area (TPSA) is 189 Å². The largest absolute Gasteiger partial charge is 0.394 e. The molecule has 0 aromatic rings. The molecule has 254 valence electrons. The molecule has 8 N–H and O–H groups in total. The minimum atomic E-state index is -1.66. The highest BCUT2D eigenvalue weighted by Crippen LogP contribution is 2.23. The minimum Gasteiger partial charge on any atom is -0.394 e. The Morgan fingerprint density at radius 3 is 1.98 bits per heavy atom. The van der Waals surface area contributed by atoms with E-state index in [0.717, 1.165) is 38.5 Å². The molecule has 43 heavy (non-hydrogen) atoms. The van der Waals surface area contributed by atoms with Gasteiger partial charge in [0.15, 0.2) is 6.29 Å². The first-order valence-corrected chi connectivity index (χ1v) is 16.6. The Morgan fingerprint density at radius 1 is 0.791 bits per heavy atom. The van der Waals surface area contributed by atoms with E-state index in [0.29, 0.717) is 19.3 Å². The second-order valence-corrected chi connectivity index (χ2v) is 11.9. The third-order valence-electron chi connectivity index (χ3n) is 8.07. The zero-order valence-electron chi connectivity index (χ0n) is 26.4. The van der Waals surface area contributed by atoms with Crippen molar-refractivity contribution in [3.05, 3.63) is 12.2 Å². The van der Waals surface area contributed by atoms with Crippen molar-refractivity contribution in [2.45, 2.75) is 172 Å². The lowest BCUT2D eigenvalue weighted by molar-refractivity contribution is -0.303. The molecular formula is C32H61NO10. The summed E-state index contributed by atoms with van der Waals surface area (Å²) in [6.07, 6.45) is 7.93. The number of aliphatic hydroxyl groups excluding tert-OH is 7. The van der Waals surface area contributed by atoms with E-state index in [9.17, 15) is 40.5 Å². The van der Waals surface area contributed by atoms with Crippen LogP contribution >= 0.6 is 0 Å². The smallest absolute Gasteiger partial charge is 0.249 e. The van der Waals surface area contributed by atoms with Gasteiger partial charge in [0.25, 0.3) is 0 Å². The Morgan fingerprint density at radius 2 is 1.35 bits per heavy atom. The van der Waals surface area contributed by atoms with Crippen LogP contribution in [0.15, 0.2) is 12.2 Å². The number of rotatable bonds is 25. The maximum absolute atomic E-state index is 12.8. The molecule has 1 fully saturated rings. The molecule has 9 atom stereocenters. The Bertz CT molecular complexity index is 724. The van der Waals surface area contributed by atoms with Gasteiger partial charge in [-0.05, 0) is 38.5 Å². The van der Waals surface area contributed by atoms with E-state index in [1.807, 2.05) is 0 Å². The number of carbonyl (C=O) groups is 1. The second-order valence-electron chi connectivity index (χ2n) is 11.9. The molecule has 9 unspecified atom stereocenters. The Labute approximate surface area is 258 Å². The van der Waals surface area contributed by atoms with Crippen molar-refractivity contribution in [3.63, 3.8) is 0 Å². The molecule has 0 saturated carbocycles. The monoisotopic (exact) mass is 619 g/mol. The highest BCUT2D eigenvalue weighted by Gasteiger charge is 2.44. The van der Waals surface area contributed by atoms with Crippen molar-refractivity contribution in [3.8, 4) is 0 Å².